The SMILES string of the molecule is O=C(Cn1cnc(-c2ccc(C(F)(F)F)cc2)cc1=O)NCCn1ncccc1=O. The van der Waals surface area contributed by atoms with Gasteiger partial charge in [-0.25, -0.2) is 9.67 Å². The predicted molar refractivity (Wildman–Crippen MR) is 100 cm³/mol. The zero-order valence-electron chi connectivity index (χ0n) is 15.5. The molecule has 1 amide bonds. The molecule has 8 nitrogen and oxygen atoms in total. The number of hydrogen-bond acceptors (Lipinski definition) is 5. The standard InChI is InChI=1S/C19H16F3N5O3/c20-19(21,22)14-5-3-13(4-6-14)15-10-18(30)26(12-24-15)11-16(28)23-8-9-27-17(29)2-1-7-25-27/h1-7,10,12H,8-9,11H2,(H,23,28). The highest BCUT2D eigenvalue weighted by Crippen LogP contribution is 2.30. The highest BCUT2D eigenvalue weighted by Gasteiger charge is 2.30. The number of hydrogen-bond donors (Lipinski definition) is 1. The summed E-state index contributed by atoms with van der Waals surface area (Å²) in [6.07, 6.45) is -1.85. The van der Waals surface area contributed by atoms with E-state index in [0.29, 0.717) is 5.56 Å². The van der Waals surface area contributed by atoms with Crippen molar-refractivity contribution in [2.75, 3.05) is 6.54 Å². The van der Waals surface area contributed by atoms with Crippen molar-refractivity contribution < 1.29 is 18.0 Å². The first-order valence-electron chi connectivity index (χ1n) is 8.77. The van der Waals surface area contributed by atoms with Crippen LogP contribution in [0.3, 0.4) is 0 Å². The third kappa shape index (κ3) is 5.19. The van der Waals surface area contributed by atoms with Crippen molar-refractivity contribution in [2.24, 2.45) is 0 Å². The minimum absolute atomic E-state index is 0.140. The average molecular weight is 419 g/mol. The first kappa shape index (κ1) is 21.0. The summed E-state index contributed by atoms with van der Waals surface area (Å²) < 4.78 is 40.2. The van der Waals surface area contributed by atoms with E-state index in [1.165, 1.54) is 35.1 Å². The van der Waals surface area contributed by atoms with Gasteiger partial charge in [-0.05, 0) is 18.2 Å². The fourth-order valence-corrected chi connectivity index (χ4v) is 2.60. The van der Waals surface area contributed by atoms with E-state index in [0.717, 1.165) is 29.1 Å². The van der Waals surface area contributed by atoms with Crippen LogP contribution >= 0.6 is 0 Å². The quantitative estimate of drug-likeness (QED) is 0.650. The molecule has 1 N–H and O–H groups in total. The molecule has 11 heteroatoms. The second kappa shape index (κ2) is 8.72. The van der Waals surface area contributed by atoms with Crippen LogP contribution in [0.2, 0.25) is 0 Å². The third-order valence-corrected chi connectivity index (χ3v) is 4.13. The largest absolute Gasteiger partial charge is 0.416 e. The fourth-order valence-electron chi connectivity index (χ4n) is 2.60. The summed E-state index contributed by atoms with van der Waals surface area (Å²) in [4.78, 5) is 39.8. The van der Waals surface area contributed by atoms with Crippen molar-refractivity contribution in [3.8, 4) is 11.3 Å². The third-order valence-electron chi connectivity index (χ3n) is 4.13. The molecule has 156 valence electrons. The van der Waals surface area contributed by atoms with Gasteiger partial charge in [-0.2, -0.15) is 18.3 Å². The summed E-state index contributed by atoms with van der Waals surface area (Å²) >= 11 is 0. The van der Waals surface area contributed by atoms with Gasteiger partial charge in [0.25, 0.3) is 11.1 Å². The van der Waals surface area contributed by atoms with E-state index >= 15 is 0 Å². The Hall–Kier alpha value is -3.76. The molecule has 2 heterocycles. The molecule has 0 aliphatic carbocycles. The lowest BCUT2D eigenvalue weighted by Crippen LogP contribution is -2.35. The van der Waals surface area contributed by atoms with Crippen molar-refractivity contribution >= 4 is 5.91 Å². The molecule has 0 unspecified atom stereocenters. The number of alkyl halides is 3. The molecule has 0 saturated carbocycles. The molecule has 0 radical (unpaired) electrons. The van der Waals surface area contributed by atoms with E-state index in [-0.39, 0.29) is 30.9 Å². The Morgan fingerprint density at radius 1 is 1.07 bits per heavy atom. The number of aromatic nitrogens is 4. The normalized spacial score (nSPS) is 11.3. The second-order valence-corrected chi connectivity index (χ2v) is 6.25. The maximum atomic E-state index is 12.6. The lowest BCUT2D eigenvalue weighted by molar-refractivity contribution is -0.137. The molecule has 0 fully saturated rings. The van der Waals surface area contributed by atoms with Crippen LogP contribution in [0.4, 0.5) is 13.2 Å². The molecule has 0 atom stereocenters. The molecular formula is C19H16F3N5O3. The number of nitrogens with one attached hydrogen (secondary N) is 1. The van der Waals surface area contributed by atoms with Crippen molar-refractivity contribution in [3.63, 3.8) is 0 Å². The zero-order valence-corrected chi connectivity index (χ0v) is 15.5. The van der Waals surface area contributed by atoms with Gasteiger partial charge in [0.2, 0.25) is 5.91 Å². The van der Waals surface area contributed by atoms with E-state index < -0.39 is 23.2 Å². The highest BCUT2D eigenvalue weighted by molar-refractivity contribution is 5.75. The van der Waals surface area contributed by atoms with Crippen molar-refractivity contribution in [1.29, 1.82) is 0 Å². The Labute approximate surface area is 167 Å². The summed E-state index contributed by atoms with van der Waals surface area (Å²) in [6.45, 7) is 0.0171. The lowest BCUT2D eigenvalue weighted by atomic mass is 10.1. The molecule has 30 heavy (non-hydrogen) atoms. The maximum Gasteiger partial charge on any atom is 0.416 e. The van der Waals surface area contributed by atoms with Crippen molar-refractivity contribution in [1.82, 2.24) is 24.6 Å². The van der Waals surface area contributed by atoms with Gasteiger partial charge in [-0.15, -0.1) is 0 Å². The van der Waals surface area contributed by atoms with Gasteiger partial charge >= 0.3 is 6.18 Å². The Kier molecular flexibility index (Phi) is 6.09. The Bertz CT molecular complexity index is 1150. The number of halogens is 3. The molecule has 0 aliphatic heterocycles. The first-order chi connectivity index (χ1) is 14.2. The molecule has 0 saturated heterocycles. The summed E-state index contributed by atoms with van der Waals surface area (Å²) in [5.41, 5.74) is -1.09. The molecule has 0 spiro atoms. The van der Waals surface area contributed by atoms with E-state index in [4.69, 9.17) is 0 Å². The van der Waals surface area contributed by atoms with Crippen LogP contribution in [0, 0.1) is 0 Å². The number of carbonyl (C=O) groups is 1. The first-order valence-corrected chi connectivity index (χ1v) is 8.77. The van der Waals surface area contributed by atoms with E-state index in [2.05, 4.69) is 15.4 Å². The van der Waals surface area contributed by atoms with Crippen LogP contribution in [-0.4, -0.2) is 31.8 Å². The van der Waals surface area contributed by atoms with E-state index in [1.54, 1.807) is 0 Å². The van der Waals surface area contributed by atoms with Gasteiger partial charge in [0.1, 0.15) is 6.54 Å². The molecule has 0 bridgehead atoms. The van der Waals surface area contributed by atoms with E-state index in [9.17, 15) is 27.6 Å². The summed E-state index contributed by atoms with van der Waals surface area (Å²) in [5.74, 6) is -0.467. The van der Waals surface area contributed by atoms with Crippen LogP contribution < -0.4 is 16.4 Å². The van der Waals surface area contributed by atoms with Crippen LogP contribution in [0.15, 0.2) is 64.6 Å². The summed E-state index contributed by atoms with van der Waals surface area (Å²) in [6, 6.07) is 8.25. The molecule has 0 aliphatic rings. The van der Waals surface area contributed by atoms with Gasteiger partial charge in [-0.3, -0.25) is 19.0 Å². The van der Waals surface area contributed by atoms with Gasteiger partial charge in [0, 0.05) is 30.4 Å². The summed E-state index contributed by atoms with van der Waals surface area (Å²) in [7, 11) is 0. The lowest BCUT2D eigenvalue weighted by Gasteiger charge is -2.09. The Morgan fingerprint density at radius 2 is 1.80 bits per heavy atom. The average Bonchev–Trinajstić information content (AvgIpc) is 2.70. The maximum absolute atomic E-state index is 12.6. The Balaban J connectivity index is 1.61. The predicted octanol–water partition coefficient (Wildman–Crippen LogP) is 1.30. The number of rotatable bonds is 6. The fraction of sp³-hybridized carbons (Fsp3) is 0.211. The van der Waals surface area contributed by atoms with Gasteiger partial charge in [0.15, 0.2) is 0 Å². The van der Waals surface area contributed by atoms with Crippen LogP contribution in [0.5, 0.6) is 0 Å². The van der Waals surface area contributed by atoms with Crippen LogP contribution in [0.1, 0.15) is 5.56 Å². The molecule has 2 aromatic heterocycles. The molecule has 3 aromatic rings. The number of nitrogens with zero attached hydrogens (tertiary/aromatic N) is 4. The smallest absolute Gasteiger partial charge is 0.353 e. The molecule has 3 rings (SSSR count). The Morgan fingerprint density at radius 3 is 2.43 bits per heavy atom. The number of benzene rings is 1. The zero-order chi connectivity index (χ0) is 21.7. The number of amides is 1. The topological polar surface area (TPSA) is 98.9 Å². The summed E-state index contributed by atoms with van der Waals surface area (Å²) in [5, 5.41) is 6.42. The monoisotopic (exact) mass is 419 g/mol. The minimum atomic E-state index is -4.45. The number of carbonyl (C=O) groups excluding carboxylic acids is 1. The van der Waals surface area contributed by atoms with Gasteiger partial charge in [0.05, 0.1) is 24.1 Å². The van der Waals surface area contributed by atoms with E-state index in [1.807, 2.05) is 0 Å². The highest BCUT2D eigenvalue weighted by atomic mass is 19.4. The van der Waals surface area contributed by atoms with Gasteiger partial charge in [-0.1, -0.05) is 12.1 Å². The molecular weight excluding hydrogens is 403 g/mol. The minimum Gasteiger partial charge on any atom is -0.353 e. The molecule has 1 aromatic carbocycles. The van der Waals surface area contributed by atoms with Crippen molar-refractivity contribution in [2.45, 2.75) is 19.3 Å². The van der Waals surface area contributed by atoms with Gasteiger partial charge < -0.3 is 5.32 Å². The van der Waals surface area contributed by atoms with Crippen LogP contribution in [0.25, 0.3) is 11.3 Å². The van der Waals surface area contributed by atoms with Crippen molar-refractivity contribution in [3.05, 3.63) is 81.3 Å². The van der Waals surface area contributed by atoms with Crippen LogP contribution in [-0.2, 0) is 24.1 Å². The second-order valence-electron chi connectivity index (χ2n) is 6.25.